The van der Waals surface area contributed by atoms with Crippen LogP contribution >= 0.6 is 11.8 Å². The van der Waals surface area contributed by atoms with Gasteiger partial charge in [0, 0.05) is 30.6 Å². The molecule has 0 aromatic heterocycles. The lowest BCUT2D eigenvalue weighted by Gasteiger charge is -2.31. The lowest BCUT2D eigenvalue weighted by Crippen LogP contribution is -2.41. The van der Waals surface area contributed by atoms with Crippen LogP contribution in [0.1, 0.15) is 57.8 Å². The largest absolute Gasteiger partial charge is 0.315 e. The summed E-state index contributed by atoms with van der Waals surface area (Å²) in [4.78, 5) is 4.24. The second kappa shape index (κ2) is 11.3. The van der Waals surface area contributed by atoms with Gasteiger partial charge in [0.05, 0.1) is 0 Å². The third kappa shape index (κ3) is 6.96. The van der Waals surface area contributed by atoms with Crippen molar-refractivity contribution in [3.05, 3.63) is 30.3 Å². The zero-order chi connectivity index (χ0) is 17.2. The number of thioether (sulfide) groups is 1. The third-order valence-corrected chi connectivity index (χ3v) is 6.99. The SMILES string of the molecule is c1ccc(SCCCNCCN(CC2CCCC2)C2CCCC2)cc1. The van der Waals surface area contributed by atoms with Crippen molar-refractivity contribution < 1.29 is 0 Å². The molecule has 1 aromatic carbocycles. The van der Waals surface area contributed by atoms with E-state index in [4.69, 9.17) is 0 Å². The summed E-state index contributed by atoms with van der Waals surface area (Å²) in [7, 11) is 0. The molecule has 2 aliphatic carbocycles. The highest BCUT2D eigenvalue weighted by Crippen LogP contribution is 2.29. The first-order chi connectivity index (χ1) is 12.4. The minimum absolute atomic E-state index is 0.885. The number of benzene rings is 1. The van der Waals surface area contributed by atoms with Crippen LogP contribution in [0.2, 0.25) is 0 Å². The molecule has 0 spiro atoms. The van der Waals surface area contributed by atoms with Crippen molar-refractivity contribution in [2.24, 2.45) is 5.92 Å². The summed E-state index contributed by atoms with van der Waals surface area (Å²) in [6.07, 6.45) is 13.0. The molecule has 3 rings (SSSR count). The fourth-order valence-corrected chi connectivity index (χ4v) is 5.34. The first-order valence-electron chi connectivity index (χ1n) is 10.5. The predicted octanol–water partition coefficient (Wildman–Crippen LogP) is 5.19. The van der Waals surface area contributed by atoms with E-state index in [9.17, 15) is 0 Å². The smallest absolute Gasteiger partial charge is 0.0110 e. The Labute approximate surface area is 159 Å². The van der Waals surface area contributed by atoms with Crippen molar-refractivity contribution in [1.29, 1.82) is 0 Å². The Morgan fingerprint density at radius 3 is 2.40 bits per heavy atom. The molecule has 1 N–H and O–H groups in total. The van der Waals surface area contributed by atoms with Gasteiger partial charge in [-0.2, -0.15) is 0 Å². The molecule has 1 aromatic rings. The van der Waals surface area contributed by atoms with Gasteiger partial charge in [-0.3, -0.25) is 4.90 Å². The number of hydrogen-bond acceptors (Lipinski definition) is 3. The molecule has 0 atom stereocenters. The molecule has 140 valence electrons. The van der Waals surface area contributed by atoms with Gasteiger partial charge in [0.15, 0.2) is 0 Å². The average Bonchev–Trinajstić information content (AvgIpc) is 3.34. The quantitative estimate of drug-likeness (QED) is 0.432. The van der Waals surface area contributed by atoms with Crippen LogP contribution in [0.25, 0.3) is 0 Å². The first kappa shape index (κ1) is 19.3. The standard InChI is InChI=1S/C22H36N2S/c1-2-13-22(14-3-1)25-18-8-15-23-16-17-24(21-11-6-7-12-21)19-20-9-4-5-10-20/h1-3,13-14,20-21,23H,4-12,15-19H2. The molecule has 0 amide bonds. The molecular weight excluding hydrogens is 324 g/mol. The van der Waals surface area contributed by atoms with Crippen LogP contribution in [0.5, 0.6) is 0 Å². The molecule has 2 saturated carbocycles. The molecule has 2 fully saturated rings. The Kier molecular flexibility index (Phi) is 8.67. The topological polar surface area (TPSA) is 15.3 Å². The summed E-state index contributed by atoms with van der Waals surface area (Å²) in [5, 5.41) is 3.70. The fraction of sp³-hybridized carbons (Fsp3) is 0.727. The number of hydrogen-bond donors (Lipinski definition) is 1. The average molecular weight is 361 g/mol. The van der Waals surface area contributed by atoms with Gasteiger partial charge in [-0.15, -0.1) is 11.8 Å². The Morgan fingerprint density at radius 2 is 1.64 bits per heavy atom. The predicted molar refractivity (Wildman–Crippen MR) is 110 cm³/mol. The van der Waals surface area contributed by atoms with E-state index >= 15 is 0 Å². The van der Waals surface area contributed by atoms with Crippen LogP contribution in [0.4, 0.5) is 0 Å². The van der Waals surface area contributed by atoms with Gasteiger partial charge in [-0.1, -0.05) is 43.9 Å². The van der Waals surface area contributed by atoms with E-state index in [1.807, 2.05) is 11.8 Å². The zero-order valence-electron chi connectivity index (χ0n) is 15.8. The van der Waals surface area contributed by atoms with Gasteiger partial charge in [-0.25, -0.2) is 0 Å². The van der Waals surface area contributed by atoms with E-state index in [2.05, 4.69) is 40.5 Å². The summed E-state index contributed by atoms with van der Waals surface area (Å²) in [5.74, 6) is 2.20. The van der Waals surface area contributed by atoms with Crippen molar-refractivity contribution in [1.82, 2.24) is 10.2 Å². The Bertz CT molecular complexity index is 452. The Balaban J connectivity index is 1.28. The summed E-state index contributed by atoms with van der Waals surface area (Å²) in [5.41, 5.74) is 0. The number of nitrogens with zero attached hydrogens (tertiary/aromatic N) is 1. The van der Waals surface area contributed by atoms with Gasteiger partial charge in [0.2, 0.25) is 0 Å². The van der Waals surface area contributed by atoms with E-state index in [0.29, 0.717) is 0 Å². The monoisotopic (exact) mass is 360 g/mol. The molecule has 0 bridgehead atoms. The lowest BCUT2D eigenvalue weighted by atomic mass is 10.1. The Hall–Kier alpha value is -0.510. The summed E-state index contributed by atoms with van der Waals surface area (Å²) >= 11 is 1.98. The van der Waals surface area contributed by atoms with Crippen LogP contribution in [0.3, 0.4) is 0 Å². The zero-order valence-corrected chi connectivity index (χ0v) is 16.6. The van der Waals surface area contributed by atoms with Crippen molar-refractivity contribution >= 4 is 11.8 Å². The minimum atomic E-state index is 0.885. The van der Waals surface area contributed by atoms with Crippen LogP contribution in [0.15, 0.2) is 35.2 Å². The highest BCUT2D eigenvalue weighted by atomic mass is 32.2. The van der Waals surface area contributed by atoms with E-state index in [1.54, 1.807) is 0 Å². The van der Waals surface area contributed by atoms with Crippen LogP contribution in [-0.4, -0.2) is 42.9 Å². The maximum atomic E-state index is 3.70. The second-order valence-corrected chi connectivity index (χ2v) is 9.02. The molecule has 25 heavy (non-hydrogen) atoms. The molecule has 0 radical (unpaired) electrons. The van der Waals surface area contributed by atoms with Gasteiger partial charge in [0.25, 0.3) is 0 Å². The number of nitrogens with one attached hydrogen (secondary N) is 1. The summed E-state index contributed by atoms with van der Waals surface area (Å²) in [6.45, 7) is 4.95. The maximum absolute atomic E-state index is 3.70. The van der Waals surface area contributed by atoms with Crippen molar-refractivity contribution in [2.75, 3.05) is 31.9 Å². The van der Waals surface area contributed by atoms with Gasteiger partial charge in [0.1, 0.15) is 0 Å². The molecule has 0 aliphatic heterocycles. The van der Waals surface area contributed by atoms with Gasteiger partial charge < -0.3 is 5.32 Å². The van der Waals surface area contributed by atoms with Gasteiger partial charge in [-0.05, 0) is 62.5 Å². The third-order valence-electron chi connectivity index (χ3n) is 5.89. The highest BCUT2D eigenvalue weighted by molar-refractivity contribution is 7.99. The molecule has 0 unspecified atom stereocenters. The van der Waals surface area contributed by atoms with E-state index in [1.165, 1.54) is 88.1 Å². The van der Waals surface area contributed by atoms with Crippen LogP contribution < -0.4 is 5.32 Å². The van der Waals surface area contributed by atoms with E-state index in [0.717, 1.165) is 18.5 Å². The summed E-state index contributed by atoms with van der Waals surface area (Å²) in [6, 6.07) is 11.6. The molecule has 2 aliphatic rings. The molecule has 0 heterocycles. The lowest BCUT2D eigenvalue weighted by molar-refractivity contribution is 0.169. The molecule has 3 heteroatoms. The normalized spacial score (nSPS) is 19.2. The minimum Gasteiger partial charge on any atom is -0.315 e. The number of rotatable bonds is 11. The molecule has 2 nitrogen and oxygen atoms in total. The van der Waals surface area contributed by atoms with Gasteiger partial charge >= 0.3 is 0 Å². The molecule has 0 saturated heterocycles. The maximum Gasteiger partial charge on any atom is 0.0110 e. The van der Waals surface area contributed by atoms with Crippen molar-refractivity contribution in [2.45, 2.75) is 68.7 Å². The highest BCUT2D eigenvalue weighted by Gasteiger charge is 2.25. The molecular formula is C22H36N2S. The first-order valence-corrected chi connectivity index (χ1v) is 11.5. The Morgan fingerprint density at radius 1 is 0.920 bits per heavy atom. The van der Waals surface area contributed by atoms with Crippen molar-refractivity contribution in [3.63, 3.8) is 0 Å². The fourth-order valence-electron chi connectivity index (χ4n) is 4.47. The van der Waals surface area contributed by atoms with E-state index in [-0.39, 0.29) is 0 Å². The summed E-state index contributed by atoms with van der Waals surface area (Å²) < 4.78 is 0. The van der Waals surface area contributed by atoms with Crippen LogP contribution in [-0.2, 0) is 0 Å². The van der Waals surface area contributed by atoms with Crippen molar-refractivity contribution in [3.8, 4) is 0 Å². The van der Waals surface area contributed by atoms with E-state index < -0.39 is 0 Å². The van der Waals surface area contributed by atoms with Crippen LogP contribution in [0, 0.1) is 5.92 Å². The second-order valence-electron chi connectivity index (χ2n) is 7.85.